The van der Waals surface area contributed by atoms with Crippen molar-refractivity contribution in [1.82, 2.24) is 5.32 Å². The Labute approximate surface area is 151 Å². The van der Waals surface area contributed by atoms with Crippen LogP contribution in [0.2, 0.25) is 0 Å². The zero-order valence-electron chi connectivity index (χ0n) is 13.6. The van der Waals surface area contributed by atoms with E-state index in [1.165, 1.54) is 24.0 Å². The van der Waals surface area contributed by atoms with E-state index in [0.717, 1.165) is 10.2 Å². The Morgan fingerprint density at radius 2 is 1.75 bits per heavy atom. The Morgan fingerprint density at radius 3 is 2.33 bits per heavy atom. The number of benzene rings is 2. The summed E-state index contributed by atoms with van der Waals surface area (Å²) in [6, 6.07) is 16.7. The summed E-state index contributed by atoms with van der Waals surface area (Å²) < 4.78 is 1.13. The number of nitrogens with one attached hydrogen (secondary N) is 2. The average molecular weight is 388 g/mol. The summed E-state index contributed by atoms with van der Waals surface area (Å²) in [5.74, 6) is 0.657. The fourth-order valence-corrected chi connectivity index (χ4v) is 3.47. The summed E-state index contributed by atoms with van der Waals surface area (Å²) in [6.07, 6.45) is 2.35. The van der Waals surface area contributed by atoms with Crippen molar-refractivity contribution < 1.29 is 4.79 Å². The largest absolute Gasteiger partial charge is 0.351 e. The first-order valence-corrected chi connectivity index (χ1v) is 8.98. The average Bonchev–Trinajstić information content (AvgIpc) is 2.51. The lowest BCUT2D eigenvalue weighted by atomic mass is 9.75. The van der Waals surface area contributed by atoms with Gasteiger partial charge in [0.25, 0.3) is 0 Å². The van der Waals surface area contributed by atoms with E-state index in [9.17, 15) is 4.79 Å². The molecule has 0 aliphatic heterocycles. The highest BCUT2D eigenvalue weighted by Crippen LogP contribution is 2.38. The number of urea groups is 1. The molecule has 126 valence electrons. The smallest absolute Gasteiger partial charge is 0.316 e. The van der Waals surface area contributed by atoms with E-state index >= 15 is 0 Å². The summed E-state index contributed by atoms with van der Waals surface area (Å²) in [7, 11) is 0. The number of hydrogen-bond donors (Lipinski definition) is 3. The fourth-order valence-electron chi connectivity index (χ4n) is 3.21. The van der Waals surface area contributed by atoms with E-state index in [0.29, 0.717) is 12.0 Å². The number of halogens is 1. The number of rotatable bonds is 5. The number of nitrogens with two attached hydrogens (primary N) is 1. The first kappa shape index (κ1) is 17.0. The molecule has 1 unspecified atom stereocenters. The molecule has 1 fully saturated rings. The number of amides is 2. The minimum atomic E-state index is -0.539. The molecule has 3 rings (SSSR count). The van der Waals surface area contributed by atoms with Crippen LogP contribution in [0.3, 0.4) is 0 Å². The van der Waals surface area contributed by atoms with E-state index in [-0.39, 0.29) is 6.04 Å². The van der Waals surface area contributed by atoms with Gasteiger partial charge in [0.05, 0.1) is 0 Å². The van der Waals surface area contributed by atoms with Gasteiger partial charge in [-0.1, -0.05) is 40.2 Å². The minimum Gasteiger partial charge on any atom is -0.351 e. The normalized spacial score (nSPS) is 20.9. The van der Waals surface area contributed by atoms with Gasteiger partial charge in [0.2, 0.25) is 0 Å². The summed E-state index contributed by atoms with van der Waals surface area (Å²) in [5, 5.41) is 6.26. The van der Waals surface area contributed by atoms with Crippen molar-refractivity contribution in [2.24, 2.45) is 5.73 Å². The van der Waals surface area contributed by atoms with Gasteiger partial charge >= 0.3 is 6.03 Å². The monoisotopic (exact) mass is 387 g/mol. The standard InChI is InChI=1S/C19H22BrN3O/c1-12(13-4-8-17(9-5-13)23-19(21)24)22-18-10-15(11-18)14-2-6-16(20)7-3-14/h2-9,12,15,18,22H,10-11H2,1H3,(H3,21,23,24). The molecule has 2 aromatic rings. The van der Waals surface area contributed by atoms with Gasteiger partial charge < -0.3 is 16.4 Å². The summed E-state index contributed by atoms with van der Waals surface area (Å²) in [6.45, 7) is 2.17. The van der Waals surface area contributed by atoms with E-state index < -0.39 is 6.03 Å². The van der Waals surface area contributed by atoms with Crippen LogP contribution < -0.4 is 16.4 Å². The lowest BCUT2D eigenvalue weighted by Crippen LogP contribution is -2.41. The van der Waals surface area contributed by atoms with Crippen LogP contribution in [0.4, 0.5) is 10.5 Å². The SMILES string of the molecule is CC(NC1CC(c2ccc(Br)cc2)C1)c1ccc(NC(N)=O)cc1. The molecule has 0 spiro atoms. The van der Waals surface area contributed by atoms with Gasteiger partial charge in [0.1, 0.15) is 0 Å². The highest BCUT2D eigenvalue weighted by atomic mass is 79.9. The molecule has 24 heavy (non-hydrogen) atoms. The Balaban J connectivity index is 1.50. The molecule has 2 amide bonds. The lowest BCUT2D eigenvalue weighted by Gasteiger charge is -2.38. The molecule has 5 heteroatoms. The predicted octanol–water partition coefficient (Wildman–Crippen LogP) is 4.54. The van der Waals surface area contributed by atoms with Gasteiger partial charge in [0, 0.05) is 22.2 Å². The molecule has 1 atom stereocenters. The third-order valence-electron chi connectivity index (χ3n) is 4.64. The van der Waals surface area contributed by atoms with Crippen LogP contribution in [0.1, 0.15) is 42.9 Å². The fraction of sp³-hybridized carbons (Fsp3) is 0.316. The number of anilines is 1. The molecule has 2 aromatic carbocycles. The van der Waals surface area contributed by atoms with Crippen molar-refractivity contribution in [1.29, 1.82) is 0 Å². The van der Waals surface area contributed by atoms with Gasteiger partial charge in [-0.3, -0.25) is 0 Å². The Kier molecular flexibility index (Phi) is 5.21. The molecule has 0 saturated heterocycles. The lowest BCUT2D eigenvalue weighted by molar-refractivity contribution is 0.259. The highest BCUT2D eigenvalue weighted by molar-refractivity contribution is 9.10. The second-order valence-electron chi connectivity index (χ2n) is 6.42. The minimum absolute atomic E-state index is 0.281. The number of carbonyl (C=O) groups is 1. The zero-order valence-corrected chi connectivity index (χ0v) is 15.2. The highest BCUT2D eigenvalue weighted by Gasteiger charge is 2.31. The van der Waals surface area contributed by atoms with Crippen molar-refractivity contribution >= 4 is 27.6 Å². The van der Waals surface area contributed by atoms with Crippen LogP contribution >= 0.6 is 15.9 Å². The van der Waals surface area contributed by atoms with Crippen molar-refractivity contribution in [3.05, 3.63) is 64.1 Å². The van der Waals surface area contributed by atoms with E-state index in [2.05, 4.69) is 57.8 Å². The molecule has 0 bridgehead atoms. The molecule has 1 aliphatic rings. The van der Waals surface area contributed by atoms with Crippen LogP contribution in [0.15, 0.2) is 53.0 Å². The second kappa shape index (κ2) is 7.36. The van der Waals surface area contributed by atoms with Gasteiger partial charge in [-0.2, -0.15) is 0 Å². The molecule has 4 N–H and O–H groups in total. The van der Waals surface area contributed by atoms with Crippen LogP contribution in [-0.2, 0) is 0 Å². The van der Waals surface area contributed by atoms with Crippen LogP contribution in [0.25, 0.3) is 0 Å². The van der Waals surface area contributed by atoms with Gasteiger partial charge in [-0.05, 0) is 61.1 Å². The van der Waals surface area contributed by atoms with Crippen LogP contribution in [0.5, 0.6) is 0 Å². The quantitative estimate of drug-likeness (QED) is 0.704. The van der Waals surface area contributed by atoms with Crippen molar-refractivity contribution in [3.63, 3.8) is 0 Å². The van der Waals surface area contributed by atoms with E-state index in [1.807, 2.05) is 24.3 Å². The molecule has 0 heterocycles. The van der Waals surface area contributed by atoms with E-state index in [1.54, 1.807) is 0 Å². The van der Waals surface area contributed by atoms with Crippen LogP contribution in [0, 0.1) is 0 Å². The Bertz CT molecular complexity index is 694. The Hall–Kier alpha value is -1.85. The zero-order chi connectivity index (χ0) is 17.1. The van der Waals surface area contributed by atoms with Gasteiger partial charge in [-0.25, -0.2) is 4.79 Å². The summed E-state index contributed by atoms with van der Waals surface area (Å²) >= 11 is 3.48. The predicted molar refractivity (Wildman–Crippen MR) is 101 cm³/mol. The Morgan fingerprint density at radius 1 is 1.12 bits per heavy atom. The second-order valence-corrected chi connectivity index (χ2v) is 7.33. The maximum atomic E-state index is 10.8. The van der Waals surface area contributed by atoms with Crippen molar-refractivity contribution in [2.45, 2.75) is 37.8 Å². The molecule has 4 nitrogen and oxygen atoms in total. The summed E-state index contributed by atoms with van der Waals surface area (Å²) in [5.41, 5.74) is 8.47. The number of primary amides is 1. The van der Waals surface area contributed by atoms with Crippen LogP contribution in [-0.4, -0.2) is 12.1 Å². The van der Waals surface area contributed by atoms with Crippen molar-refractivity contribution in [2.75, 3.05) is 5.32 Å². The molecular formula is C19H22BrN3O. The summed E-state index contributed by atoms with van der Waals surface area (Å²) in [4.78, 5) is 10.8. The third-order valence-corrected chi connectivity index (χ3v) is 5.17. The molecule has 1 saturated carbocycles. The molecule has 0 radical (unpaired) electrons. The molecular weight excluding hydrogens is 366 g/mol. The number of hydrogen-bond acceptors (Lipinski definition) is 2. The maximum absolute atomic E-state index is 10.8. The maximum Gasteiger partial charge on any atom is 0.316 e. The first-order valence-electron chi connectivity index (χ1n) is 8.19. The third kappa shape index (κ3) is 4.16. The van der Waals surface area contributed by atoms with Crippen molar-refractivity contribution in [3.8, 4) is 0 Å². The van der Waals surface area contributed by atoms with Gasteiger partial charge in [0.15, 0.2) is 0 Å². The van der Waals surface area contributed by atoms with Gasteiger partial charge in [-0.15, -0.1) is 0 Å². The van der Waals surface area contributed by atoms with E-state index in [4.69, 9.17) is 5.73 Å². The molecule has 1 aliphatic carbocycles. The first-order chi connectivity index (χ1) is 11.5. The topological polar surface area (TPSA) is 67.2 Å². The molecule has 0 aromatic heterocycles. The number of carbonyl (C=O) groups excluding carboxylic acids is 1.